The lowest BCUT2D eigenvalue weighted by molar-refractivity contribution is -0.00823. The summed E-state index contributed by atoms with van der Waals surface area (Å²) in [6, 6.07) is 10.1. The number of piperidine rings is 1. The average Bonchev–Trinajstić information content (AvgIpc) is 2.40. The molecule has 0 aliphatic carbocycles. The van der Waals surface area contributed by atoms with Gasteiger partial charge in [0.05, 0.1) is 6.10 Å². The average molecular weight is 291 g/mol. The predicted molar refractivity (Wildman–Crippen MR) is 82.1 cm³/mol. The summed E-state index contributed by atoms with van der Waals surface area (Å²) in [7, 11) is 0. The number of aliphatic hydroxyl groups excluding tert-OH is 1. The van der Waals surface area contributed by atoms with Gasteiger partial charge in [-0.25, -0.2) is 4.79 Å². The van der Waals surface area contributed by atoms with E-state index in [4.69, 9.17) is 4.74 Å². The first-order valence-electron chi connectivity index (χ1n) is 7.55. The maximum absolute atomic E-state index is 12.1. The smallest absolute Gasteiger partial charge is 0.410 e. The highest BCUT2D eigenvalue weighted by Gasteiger charge is 2.32. The molecule has 1 aliphatic heterocycles. The Morgan fingerprint density at radius 3 is 2.62 bits per heavy atom. The van der Waals surface area contributed by atoms with Crippen molar-refractivity contribution >= 4 is 6.09 Å². The van der Waals surface area contributed by atoms with Gasteiger partial charge in [-0.15, -0.1) is 0 Å². The molecule has 0 spiro atoms. The molecule has 1 saturated heterocycles. The van der Waals surface area contributed by atoms with Gasteiger partial charge in [0, 0.05) is 19.0 Å². The Hall–Kier alpha value is -1.55. The van der Waals surface area contributed by atoms with Crippen molar-refractivity contribution in [2.45, 2.75) is 45.3 Å². The minimum Gasteiger partial charge on any atom is -0.444 e. The quantitative estimate of drug-likeness (QED) is 0.911. The normalized spacial score (nSPS) is 23.0. The van der Waals surface area contributed by atoms with E-state index in [0.29, 0.717) is 19.5 Å². The SMILES string of the molecule is CC(C)(C)OC(=O)N1CC[C@H](O)[C@H](Cc2ccccc2)C1. The van der Waals surface area contributed by atoms with Crippen molar-refractivity contribution in [3.8, 4) is 0 Å². The van der Waals surface area contributed by atoms with Gasteiger partial charge in [0.15, 0.2) is 0 Å². The van der Waals surface area contributed by atoms with E-state index in [1.165, 1.54) is 5.56 Å². The van der Waals surface area contributed by atoms with Crippen molar-refractivity contribution in [1.82, 2.24) is 4.90 Å². The number of likely N-dealkylation sites (tertiary alicyclic amines) is 1. The van der Waals surface area contributed by atoms with Crippen LogP contribution in [-0.4, -0.2) is 40.9 Å². The standard InChI is InChI=1S/C17H25NO3/c1-17(2,3)21-16(20)18-10-9-15(19)14(12-18)11-13-7-5-4-6-8-13/h4-8,14-15,19H,9-12H2,1-3H3/t14-,15+/m1/s1. The van der Waals surface area contributed by atoms with Crippen LogP contribution in [0.4, 0.5) is 4.79 Å². The Kier molecular flexibility index (Phi) is 4.88. The molecule has 116 valence electrons. The van der Waals surface area contributed by atoms with E-state index in [1.807, 2.05) is 39.0 Å². The number of carbonyl (C=O) groups excluding carboxylic acids is 1. The van der Waals surface area contributed by atoms with Crippen molar-refractivity contribution in [3.63, 3.8) is 0 Å². The number of carbonyl (C=O) groups is 1. The molecule has 0 unspecified atom stereocenters. The van der Waals surface area contributed by atoms with Gasteiger partial charge < -0.3 is 14.7 Å². The second kappa shape index (κ2) is 6.48. The van der Waals surface area contributed by atoms with Gasteiger partial charge in [-0.2, -0.15) is 0 Å². The Bertz CT molecular complexity index is 467. The second-order valence-corrected chi connectivity index (χ2v) is 6.73. The molecule has 1 aromatic carbocycles. The number of hydrogen-bond acceptors (Lipinski definition) is 3. The monoisotopic (exact) mass is 291 g/mol. The molecule has 1 fully saturated rings. The van der Waals surface area contributed by atoms with Crippen LogP contribution in [0.5, 0.6) is 0 Å². The van der Waals surface area contributed by atoms with Gasteiger partial charge in [0.25, 0.3) is 0 Å². The van der Waals surface area contributed by atoms with Gasteiger partial charge in [-0.3, -0.25) is 0 Å². The Labute approximate surface area is 126 Å². The van der Waals surface area contributed by atoms with E-state index in [2.05, 4.69) is 12.1 Å². The van der Waals surface area contributed by atoms with Crippen molar-refractivity contribution in [1.29, 1.82) is 0 Å². The lowest BCUT2D eigenvalue weighted by atomic mass is 9.89. The summed E-state index contributed by atoms with van der Waals surface area (Å²) in [5.74, 6) is 0.0636. The first kappa shape index (κ1) is 15.8. The summed E-state index contributed by atoms with van der Waals surface area (Å²) in [6.45, 7) is 6.70. The minimum absolute atomic E-state index is 0.0636. The van der Waals surface area contributed by atoms with Gasteiger partial charge in [-0.05, 0) is 39.2 Å². The minimum atomic E-state index is -0.484. The molecule has 1 aliphatic rings. The molecule has 0 saturated carbocycles. The highest BCUT2D eigenvalue weighted by molar-refractivity contribution is 5.68. The summed E-state index contributed by atoms with van der Waals surface area (Å²) in [5.41, 5.74) is 0.704. The summed E-state index contributed by atoms with van der Waals surface area (Å²) < 4.78 is 5.42. The van der Waals surface area contributed by atoms with Crippen LogP contribution in [0.1, 0.15) is 32.8 Å². The van der Waals surface area contributed by atoms with Crippen LogP contribution in [0.2, 0.25) is 0 Å². The maximum Gasteiger partial charge on any atom is 0.410 e. The summed E-state index contributed by atoms with van der Waals surface area (Å²) >= 11 is 0. The molecule has 4 nitrogen and oxygen atoms in total. The predicted octanol–water partition coefficient (Wildman–Crippen LogP) is 2.85. The molecule has 1 N–H and O–H groups in total. The van der Waals surface area contributed by atoms with Crippen LogP contribution in [0.15, 0.2) is 30.3 Å². The fourth-order valence-electron chi connectivity index (χ4n) is 2.63. The number of benzene rings is 1. The topological polar surface area (TPSA) is 49.8 Å². The zero-order valence-corrected chi connectivity index (χ0v) is 13.1. The number of amides is 1. The fraction of sp³-hybridized carbons (Fsp3) is 0.588. The van der Waals surface area contributed by atoms with Crippen molar-refractivity contribution in [2.75, 3.05) is 13.1 Å². The van der Waals surface area contributed by atoms with Crippen LogP contribution in [0.25, 0.3) is 0 Å². The molecular weight excluding hydrogens is 266 g/mol. The van der Waals surface area contributed by atoms with Crippen LogP contribution in [0.3, 0.4) is 0 Å². The first-order valence-corrected chi connectivity index (χ1v) is 7.55. The van der Waals surface area contributed by atoms with Gasteiger partial charge >= 0.3 is 6.09 Å². The second-order valence-electron chi connectivity index (χ2n) is 6.73. The van der Waals surface area contributed by atoms with Crippen LogP contribution in [0, 0.1) is 5.92 Å². The highest BCUT2D eigenvalue weighted by Crippen LogP contribution is 2.23. The lowest BCUT2D eigenvalue weighted by Gasteiger charge is -2.37. The Balaban J connectivity index is 1.97. The third-order valence-electron chi connectivity index (χ3n) is 3.69. The molecule has 21 heavy (non-hydrogen) atoms. The van der Waals surface area contributed by atoms with Crippen LogP contribution < -0.4 is 0 Å². The number of hydrogen-bond donors (Lipinski definition) is 1. The highest BCUT2D eigenvalue weighted by atomic mass is 16.6. The number of aliphatic hydroxyl groups is 1. The summed E-state index contributed by atoms with van der Waals surface area (Å²) in [5, 5.41) is 10.2. The fourth-order valence-corrected chi connectivity index (χ4v) is 2.63. The van der Waals surface area contributed by atoms with Gasteiger partial charge in [0.2, 0.25) is 0 Å². The molecule has 0 radical (unpaired) electrons. The van der Waals surface area contributed by atoms with Gasteiger partial charge in [-0.1, -0.05) is 30.3 Å². The Morgan fingerprint density at radius 1 is 1.33 bits per heavy atom. The van der Waals surface area contributed by atoms with E-state index in [0.717, 1.165) is 6.42 Å². The maximum atomic E-state index is 12.1. The molecule has 2 rings (SSSR count). The van der Waals surface area contributed by atoms with Gasteiger partial charge in [0.1, 0.15) is 5.60 Å². The zero-order chi connectivity index (χ0) is 15.5. The number of rotatable bonds is 2. The first-order chi connectivity index (χ1) is 9.85. The number of nitrogens with zero attached hydrogens (tertiary/aromatic N) is 1. The summed E-state index contributed by atoms with van der Waals surface area (Å²) in [4.78, 5) is 13.9. The zero-order valence-electron chi connectivity index (χ0n) is 13.1. The molecule has 0 bridgehead atoms. The largest absolute Gasteiger partial charge is 0.444 e. The van der Waals surface area contributed by atoms with E-state index in [9.17, 15) is 9.90 Å². The Morgan fingerprint density at radius 2 is 2.00 bits per heavy atom. The third-order valence-corrected chi connectivity index (χ3v) is 3.69. The molecular formula is C17H25NO3. The van der Waals surface area contributed by atoms with Crippen LogP contribution >= 0.6 is 0 Å². The lowest BCUT2D eigenvalue weighted by Crippen LogP contribution is -2.48. The molecule has 2 atom stereocenters. The van der Waals surface area contributed by atoms with Crippen molar-refractivity contribution in [3.05, 3.63) is 35.9 Å². The van der Waals surface area contributed by atoms with Crippen LogP contribution in [-0.2, 0) is 11.2 Å². The van der Waals surface area contributed by atoms with E-state index >= 15 is 0 Å². The summed E-state index contributed by atoms with van der Waals surface area (Å²) in [6.07, 6.45) is 0.745. The van der Waals surface area contributed by atoms with Crippen molar-refractivity contribution < 1.29 is 14.6 Å². The molecule has 1 heterocycles. The van der Waals surface area contributed by atoms with E-state index in [1.54, 1.807) is 4.90 Å². The third kappa shape index (κ3) is 4.74. The van der Waals surface area contributed by atoms with E-state index < -0.39 is 5.60 Å². The molecule has 1 amide bonds. The molecule has 4 heteroatoms. The number of ether oxygens (including phenoxy) is 1. The molecule has 1 aromatic rings. The molecule has 0 aromatic heterocycles. The van der Waals surface area contributed by atoms with Crippen molar-refractivity contribution in [2.24, 2.45) is 5.92 Å². The van der Waals surface area contributed by atoms with E-state index in [-0.39, 0.29) is 18.1 Å².